The molecule has 7 heteroatoms. The van der Waals surface area contributed by atoms with Crippen molar-refractivity contribution >= 4 is 42.5 Å². The van der Waals surface area contributed by atoms with Crippen LogP contribution in [0.15, 0.2) is 0 Å². The van der Waals surface area contributed by atoms with Gasteiger partial charge in [0.25, 0.3) is 0 Å². The van der Waals surface area contributed by atoms with Crippen LogP contribution in [-0.4, -0.2) is 43.2 Å². The van der Waals surface area contributed by atoms with E-state index in [-0.39, 0.29) is 15.2 Å². The minimum absolute atomic E-state index is 0.254. The van der Waals surface area contributed by atoms with Crippen LogP contribution < -0.4 is 5.32 Å². The largest absolute Gasteiger partial charge is 0.367 e. The lowest BCUT2D eigenvalue weighted by atomic mass is 10.3. The highest BCUT2D eigenvalue weighted by Gasteiger charge is 2.03. The predicted octanol–water partition coefficient (Wildman–Crippen LogP) is 3.15. The number of unbranched alkanes of at least 4 members (excludes halogenated alkanes) is 1. The SMILES string of the molecule is CC(C)NCCSSC(C)OCCCCOS(C)=S. The highest BCUT2D eigenvalue weighted by Crippen LogP contribution is 2.26. The van der Waals surface area contributed by atoms with Gasteiger partial charge < -0.3 is 14.2 Å². The van der Waals surface area contributed by atoms with Crippen molar-refractivity contribution in [3.8, 4) is 0 Å². The van der Waals surface area contributed by atoms with E-state index in [0.717, 1.165) is 38.4 Å². The fourth-order valence-electron chi connectivity index (χ4n) is 1.19. The van der Waals surface area contributed by atoms with Gasteiger partial charge in [-0.3, -0.25) is 0 Å². The van der Waals surface area contributed by atoms with Crippen molar-refractivity contribution in [2.45, 2.75) is 45.1 Å². The summed E-state index contributed by atoms with van der Waals surface area (Å²) >= 11 is 4.95. The Labute approximate surface area is 133 Å². The maximum atomic E-state index is 5.72. The number of hydrogen-bond donors (Lipinski definition) is 1. The summed E-state index contributed by atoms with van der Waals surface area (Å²) < 4.78 is 11.0. The van der Waals surface area contributed by atoms with Crippen LogP contribution in [0.1, 0.15) is 33.6 Å². The molecule has 0 saturated carbocycles. The first kappa shape index (κ1) is 20.1. The third-order valence-corrected chi connectivity index (χ3v) is 5.50. The van der Waals surface area contributed by atoms with Gasteiger partial charge in [0.15, 0.2) is 0 Å². The van der Waals surface area contributed by atoms with Crippen molar-refractivity contribution < 1.29 is 8.92 Å². The molecule has 0 aromatic carbocycles. The van der Waals surface area contributed by atoms with Crippen LogP contribution in [0.5, 0.6) is 0 Å². The Hall–Kier alpha value is 1.15. The molecule has 0 aliphatic rings. The van der Waals surface area contributed by atoms with Crippen LogP contribution in [-0.2, 0) is 29.8 Å². The number of hydrogen-bond acceptors (Lipinski definition) is 6. The Bertz CT molecular complexity index is 230. The quantitative estimate of drug-likeness (QED) is 0.313. The molecule has 0 fully saturated rings. The van der Waals surface area contributed by atoms with Crippen molar-refractivity contribution in [3.63, 3.8) is 0 Å². The molecule has 19 heavy (non-hydrogen) atoms. The van der Waals surface area contributed by atoms with E-state index in [4.69, 9.17) is 20.1 Å². The van der Waals surface area contributed by atoms with E-state index in [0.29, 0.717) is 6.04 Å². The molecule has 2 atom stereocenters. The summed E-state index contributed by atoms with van der Waals surface area (Å²) in [5.41, 5.74) is 0.254. The first-order chi connectivity index (χ1) is 9.02. The molecule has 1 N–H and O–H groups in total. The Morgan fingerprint density at radius 1 is 1.21 bits per heavy atom. The standard InChI is InChI=1S/C12H27NO2S4/c1-11(2)13-7-10-17-18-12(3)14-8-5-6-9-15-19(4)16/h11-13H,5-10H2,1-4H3. The second kappa shape index (κ2) is 14.1. The Balaban J connectivity index is 3.21. The Morgan fingerprint density at radius 2 is 1.89 bits per heavy atom. The van der Waals surface area contributed by atoms with E-state index in [1.54, 1.807) is 10.8 Å². The molecule has 0 radical (unpaired) electrons. The Morgan fingerprint density at radius 3 is 2.53 bits per heavy atom. The monoisotopic (exact) mass is 345 g/mol. The molecule has 116 valence electrons. The molecular weight excluding hydrogens is 318 g/mol. The highest BCUT2D eigenvalue weighted by molar-refractivity contribution is 8.76. The highest BCUT2D eigenvalue weighted by atomic mass is 33.1. The lowest BCUT2D eigenvalue weighted by Crippen LogP contribution is -2.24. The Kier molecular flexibility index (Phi) is 15.0. The molecule has 2 unspecified atom stereocenters. The van der Waals surface area contributed by atoms with Gasteiger partial charge in [-0.15, -0.1) is 0 Å². The molecule has 0 aliphatic carbocycles. The van der Waals surface area contributed by atoms with Crippen LogP contribution in [0.2, 0.25) is 0 Å². The van der Waals surface area contributed by atoms with E-state index < -0.39 is 0 Å². The van der Waals surface area contributed by atoms with Gasteiger partial charge in [0.1, 0.15) is 5.44 Å². The second-order valence-corrected chi connectivity index (χ2v) is 9.63. The first-order valence-electron chi connectivity index (χ1n) is 6.62. The van der Waals surface area contributed by atoms with Crippen molar-refractivity contribution in [2.24, 2.45) is 0 Å². The third kappa shape index (κ3) is 17.1. The molecule has 0 saturated heterocycles. The van der Waals surface area contributed by atoms with Gasteiger partial charge in [0.2, 0.25) is 0 Å². The van der Waals surface area contributed by atoms with E-state index in [1.807, 2.05) is 17.0 Å². The lowest BCUT2D eigenvalue weighted by Gasteiger charge is -2.12. The van der Waals surface area contributed by atoms with Crippen molar-refractivity contribution in [2.75, 3.05) is 31.8 Å². The molecule has 0 amide bonds. The van der Waals surface area contributed by atoms with Crippen LogP contribution >= 0.6 is 21.6 Å². The minimum atomic E-state index is -0.311. The fraction of sp³-hybridized carbons (Fsp3) is 1.00. The molecule has 0 rings (SSSR count). The van der Waals surface area contributed by atoms with Crippen LogP contribution in [0.3, 0.4) is 0 Å². The van der Waals surface area contributed by atoms with Crippen molar-refractivity contribution in [1.29, 1.82) is 0 Å². The van der Waals surface area contributed by atoms with Gasteiger partial charge in [-0.05, 0) is 31.0 Å². The second-order valence-electron chi connectivity index (χ2n) is 4.40. The maximum Gasteiger partial charge on any atom is 0.110 e. The molecule has 0 aromatic heterocycles. The van der Waals surface area contributed by atoms with E-state index in [2.05, 4.69) is 26.1 Å². The topological polar surface area (TPSA) is 30.5 Å². The fourth-order valence-corrected chi connectivity index (χ4v) is 3.67. The summed E-state index contributed by atoms with van der Waals surface area (Å²) in [5, 5.41) is 3.40. The molecular formula is C12H27NO2S4. The summed E-state index contributed by atoms with van der Waals surface area (Å²) in [7, 11) is 3.36. The third-order valence-electron chi connectivity index (χ3n) is 2.08. The number of nitrogens with one attached hydrogen (secondary N) is 1. The summed E-state index contributed by atoms with van der Waals surface area (Å²) in [5.74, 6) is 1.11. The van der Waals surface area contributed by atoms with E-state index >= 15 is 0 Å². The average molecular weight is 346 g/mol. The van der Waals surface area contributed by atoms with Gasteiger partial charge in [-0.25, -0.2) is 0 Å². The lowest BCUT2D eigenvalue weighted by molar-refractivity contribution is 0.118. The summed E-state index contributed by atoms with van der Waals surface area (Å²) in [6.45, 7) is 9.05. The number of ether oxygens (including phenoxy) is 1. The van der Waals surface area contributed by atoms with Crippen molar-refractivity contribution in [1.82, 2.24) is 5.32 Å². The average Bonchev–Trinajstić information content (AvgIpc) is 2.32. The zero-order valence-corrected chi connectivity index (χ0v) is 15.6. The smallest absolute Gasteiger partial charge is 0.110 e. The van der Waals surface area contributed by atoms with E-state index in [1.165, 1.54) is 0 Å². The molecule has 0 aromatic rings. The maximum absolute atomic E-state index is 5.72. The summed E-state index contributed by atoms with van der Waals surface area (Å²) in [6, 6.07) is 0.569. The van der Waals surface area contributed by atoms with Gasteiger partial charge in [-0.2, -0.15) is 0 Å². The normalized spacial score (nSPS) is 14.8. The predicted molar refractivity (Wildman–Crippen MR) is 94.4 cm³/mol. The summed E-state index contributed by atoms with van der Waals surface area (Å²) in [4.78, 5) is 0. The van der Waals surface area contributed by atoms with Crippen molar-refractivity contribution in [3.05, 3.63) is 0 Å². The molecule has 3 nitrogen and oxygen atoms in total. The molecule has 0 aliphatic heterocycles. The zero-order chi connectivity index (χ0) is 14.5. The van der Waals surface area contributed by atoms with Crippen LogP contribution in [0.4, 0.5) is 0 Å². The molecule has 0 bridgehead atoms. The van der Waals surface area contributed by atoms with Gasteiger partial charge in [0.05, 0.1) is 6.61 Å². The van der Waals surface area contributed by atoms with Gasteiger partial charge >= 0.3 is 0 Å². The number of rotatable bonds is 13. The van der Waals surface area contributed by atoms with Crippen LogP contribution in [0.25, 0.3) is 0 Å². The van der Waals surface area contributed by atoms with Gasteiger partial charge in [-0.1, -0.05) is 35.4 Å². The van der Waals surface area contributed by atoms with E-state index in [9.17, 15) is 0 Å². The first-order valence-corrected chi connectivity index (χ1v) is 11.5. The zero-order valence-electron chi connectivity index (χ0n) is 12.3. The minimum Gasteiger partial charge on any atom is -0.367 e. The summed E-state index contributed by atoms with van der Waals surface area (Å²) in [6.07, 6.45) is 3.98. The molecule has 0 spiro atoms. The van der Waals surface area contributed by atoms with Crippen LogP contribution in [0, 0.1) is 0 Å². The molecule has 0 heterocycles. The van der Waals surface area contributed by atoms with Gasteiger partial charge in [0, 0.05) is 40.9 Å².